The Morgan fingerprint density at radius 2 is 1.79 bits per heavy atom. The molecule has 4 heteroatoms. The maximum absolute atomic E-state index is 5.95. The average molecular weight is 272 g/mol. The lowest BCUT2D eigenvalue weighted by molar-refractivity contribution is 0.848. The minimum atomic E-state index is 0.580. The molecule has 1 heterocycles. The maximum Gasteiger partial charge on any atom is 0.115 e. The molecule has 3 nitrogen and oxygen atoms in total. The van der Waals surface area contributed by atoms with Crippen LogP contribution in [0.25, 0.3) is 16.7 Å². The number of halogens is 1. The summed E-state index contributed by atoms with van der Waals surface area (Å²) in [5.74, 6) is 0.978. The third-order valence-electron chi connectivity index (χ3n) is 3.08. The number of hydrogen-bond donors (Lipinski definition) is 1. The Balaban J connectivity index is 2.24. The molecule has 3 rings (SSSR count). The predicted molar refractivity (Wildman–Crippen MR) is 78.8 cm³/mol. The summed E-state index contributed by atoms with van der Waals surface area (Å²) in [6, 6.07) is 15.9. The van der Waals surface area contributed by atoms with E-state index in [2.05, 4.69) is 15.6 Å². The van der Waals surface area contributed by atoms with E-state index in [4.69, 9.17) is 17.3 Å². The fourth-order valence-corrected chi connectivity index (χ4v) is 2.38. The number of para-hydroxylation sites is 2. The zero-order valence-corrected chi connectivity index (χ0v) is 11.1. The van der Waals surface area contributed by atoms with Gasteiger partial charge in [0.2, 0.25) is 0 Å². The lowest BCUT2D eigenvalue weighted by Crippen LogP contribution is -2.08. The normalized spacial score (nSPS) is 11.1. The van der Waals surface area contributed by atoms with Crippen LogP contribution in [0.4, 0.5) is 0 Å². The van der Waals surface area contributed by atoms with Gasteiger partial charge in [-0.2, -0.15) is 0 Å². The molecule has 0 saturated heterocycles. The first-order chi connectivity index (χ1) is 9.29. The van der Waals surface area contributed by atoms with E-state index in [1.165, 1.54) is 0 Å². The van der Waals surface area contributed by atoms with Crippen LogP contribution in [-0.4, -0.2) is 16.1 Å². The molecule has 0 aliphatic heterocycles. The van der Waals surface area contributed by atoms with Crippen molar-refractivity contribution in [2.75, 3.05) is 6.54 Å². The first kappa shape index (κ1) is 12.2. The van der Waals surface area contributed by atoms with Gasteiger partial charge in [0.15, 0.2) is 0 Å². The molecule has 2 N–H and O–H groups in total. The minimum Gasteiger partial charge on any atom is -0.330 e. The fraction of sp³-hybridized carbons (Fsp3) is 0.133. The van der Waals surface area contributed by atoms with Gasteiger partial charge in [-0.25, -0.2) is 4.98 Å². The highest BCUT2D eigenvalue weighted by atomic mass is 35.5. The predicted octanol–water partition coefficient (Wildman–Crippen LogP) is 3.18. The second-order valence-corrected chi connectivity index (χ2v) is 4.80. The summed E-state index contributed by atoms with van der Waals surface area (Å²) in [5, 5.41) is 0.730. The SMILES string of the molecule is NCCc1nc2ccccc2n1-c1ccc(Cl)cc1. The largest absolute Gasteiger partial charge is 0.330 e. The zero-order valence-electron chi connectivity index (χ0n) is 10.4. The smallest absolute Gasteiger partial charge is 0.115 e. The fourth-order valence-electron chi connectivity index (χ4n) is 2.25. The van der Waals surface area contributed by atoms with Crippen LogP contribution in [0.5, 0.6) is 0 Å². The maximum atomic E-state index is 5.95. The molecule has 0 amide bonds. The van der Waals surface area contributed by atoms with Gasteiger partial charge in [0.05, 0.1) is 11.0 Å². The molecule has 0 fully saturated rings. The van der Waals surface area contributed by atoms with Gasteiger partial charge in [0.1, 0.15) is 5.82 Å². The molecular formula is C15H14ClN3. The van der Waals surface area contributed by atoms with Gasteiger partial charge in [-0.1, -0.05) is 23.7 Å². The Morgan fingerprint density at radius 1 is 1.05 bits per heavy atom. The Bertz CT molecular complexity index is 701. The number of aromatic nitrogens is 2. The van der Waals surface area contributed by atoms with E-state index in [-0.39, 0.29) is 0 Å². The lowest BCUT2D eigenvalue weighted by Gasteiger charge is -2.08. The van der Waals surface area contributed by atoms with Crippen molar-refractivity contribution in [1.82, 2.24) is 9.55 Å². The van der Waals surface area contributed by atoms with Crippen molar-refractivity contribution in [3.8, 4) is 5.69 Å². The molecule has 96 valence electrons. The molecule has 0 atom stereocenters. The van der Waals surface area contributed by atoms with E-state index in [9.17, 15) is 0 Å². The van der Waals surface area contributed by atoms with Crippen LogP contribution in [0.1, 0.15) is 5.82 Å². The van der Waals surface area contributed by atoms with Crippen molar-refractivity contribution in [3.63, 3.8) is 0 Å². The second-order valence-electron chi connectivity index (χ2n) is 4.37. The van der Waals surface area contributed by atoms with Crippen molar-refractivity contribution in [2.45, 2.75) is 6.42 Å². The molecule has 0 radical (unpaired) electrons. The highest BCUT2D eigenvalue weighted by Crippen LogP contribution is 2.22. The lowest BCUT2D eigenvalue weighted by atomic mass is 10.2. The monoisotopic (exact) mass is 271 g/mol. The summed E-state index contributed by atoms with van der Waals surface area (Å²) in [6.45, 7) is 0.580. The van der Waals surface area contributed by atoms with Gasteiger partial charge in [0.25, 0.3) is 0 Å². The molecule has 3 aromatic rings. The number of nitrogens with two attached hydrogens (primary N) is 1. The number of hydrogen-bond acceptors (Lipinski definition) is 2. The number of imidazole rings is 1. The van der Waals surface area contributed by atoms with Crippen LogP contribution in [0.15, 0.2) is 48.5 Å². The topological polar surface area (TPSA) is 43.8 Å². The van der Waals surface area contributed by atoms with Crippen LogP contribution < -0.4 is 5.73 Å². The minimum absolute atomic E-state index is 0.580. The average Bonchev–Trinajstić information content (AvgIpc) is 2.78. The van der Waals surface area contributed by atoms with E-state index >= 15 is 0 Å². The van der Waals surface area contributed by atoms with E-state index in [0.29, 0.717) is 6.54 Å². The molecule has 0 unspecified atom stereocenters. The number of nitrogens with zero attached hydrogens (tertiary/aromatic N) is 2. The highest BCUT2D eigenvalue weighted by Gasteiger charge is 2.11. The summed E-state index contributed by atoms with van der Waals surface area (Å²) >= 11 is 5.95. The van der Waals surface area contributed by atoms with Crippen LogP contribution in [0.2, 0.25) is 5.02 Å². The molecule has 0 saturated carbocycles. The van der Waals surface area contributed by atoms with Gasteiger partial charge >= 0.3 is 0 Å². The Labute approximate surface area is 116 Å². The molecule has 1 aromatic heterocycles. The zero-order chi connectivity index (χ0) is 13.2. The summed E-state index contributed by atoms with van der Waals surface area (Å²) in [6.07, 6.45) is 0.747. The van der Waals surface area contributed by atoms with Crippen LogP contribution in [0.3, 0.4) is 0 Å². The van der Waals surface area contributed by atoms with Gasteiger partial charge in [-0.15, -0.1) is 0 Å². The first-order valence-electron chi connectivity index (χ1n) is 6.22. The van der Waals surface area contributed by atoms with Gasteiger partial charge in [0, 0.05) is 17.1 Å². The third kappa shape index (κ3) is 2.23. The van der Waals surface area contributed by atoms with Gasteiger partial charge < -0.3 is 5.73 Å². The summed E-state index contributed by atoms with van der Waals surface area (Å²) in [4.78, 5) is 4.65. The Hall–Kier alpha value is -1.84. The molecule has 2 aromatic carbocycles. The van der Waals surface area contributed by atoms with Gasteiger partial charge in [-0.05, 0) is 42.9 Å². The standard InChI is InChI=1S/C15H14ClN3/c16-11-5-7-12(8-6-11)19-14-4-2-1-3-13(14)18-15(19)9-10-17/h1-8H,9-10,17H2. The van der Waals surface area contributed by atoms with Crippen molar-refractivity contribution in [1.29, 1.82) is 0 Å². The highest BCUT2D eigenvalue weighted by molar-refractivity contribution is 6.30. The Morgan fingerprint density at radius 3 is 2.53 bits per heavy atom. The molecule has 0 spiro atoms. The summed E-state index contributed by atoms with van der Waals surface area (Å²) in [5.41, 5.74) is 8.81. The summed E-state index contributed by atoms with van der Waals surface area (Å²) in [7, 11) is 0. The quantitative estimate of drug-likeness (QED) is 0.795. The van der Waals surface area contributed by atoms with E-state index in [0.717, 1.165) is 34.0 Å². The van der Waals surface area contributed by atoms with Crippen molar-refractivity contribution in [2.24, 2.45) is 5.73 Å². The Kier molecular flexibility index (Phi) is 3.23. The molecule has 0 aliphatic rings. The van der Waals surface area contributed by atoms with Crippen LogP contribution in [0, 0.1) is 0 Å². The molecule has 0 bridgehead atoms. The number of fused-ring (bicyclic) bond motifs is 1. The van der Waals surface area contributed by atoms with Crippen LogP contribution in [-0.2, 0) is 6.42 Å². The molecular weight excluding hydrogens is 258 g/mol. The van der Waals surface area contributed by atoms with E-state index in [1.807, 2.05) is 42.5 Å². The second kappa shape index (κ2) is 5.03. The number of rotatable bonds is 3. The van der Waals surface area contributed by atoms with E-state index < -0.39 is 0 Å². The van der Waals surface area contributed by atoms with Crippen molar-refractivity contribution >= 4 is 22.6 Å². The van der Waals surface area contributed by atoms with Gasteiger partial charge in [-0.3, -0.25) is 4.57 Å². The van der Waals surface area contributed by atoms with Crippen molar-refractivity contribution < 1.29 is 0 Å². The number of benzene rings is 2. The molecule has 19 heavy (non-hydrogen) atoms. The third-order valence-corrected chi connectivity index (χ3v) is 3.34. The van der Waals surface area contributed by atoms with Crippen molar-refractivity contribution in [3.05, 3.63) is 59.4 Å². The molecule has 0 aliphatic carbocycles. The van der Waals surface area contributed by atoms with E-state index in [1.54, 1.807) is 0 Å². The van der Waals surface area contributed by atoms with Crippen LogP contribution >= 0.6 is 11.6 Å². The summed E-state index contributed by atoms with van der Waals surface area (Å²) < 4.78 is 2.14. The first-order valence-corrected chi connectivity index (χ1v) is 6.60.